The maximum atomic E-state index is 14.5. The number of carbonyl (C=O) groups excluding carboxylic acids is 1. The topological polar surface area (TPSA) is 93.5 Å². The molecule has 2 aliphatic heterocycles. The number of aliphatic hydroxyl groups is 1. The van der Waals surface area contributed by atoms with Gasteiger partial charge in [0.05, 0.1) is 29.0 Å². The standard InChI is InChI=1S/C27H28FN3O4/c1-3-27(34)20-10-23-24-18(12-31(23)25(32)19(20)13-35-26(27)33)16(5-4-8-29-15-6-7-15)17-9-14(2)21(28)11-22(17)30-24/h9-11,15,29,34H,3-8,12-13H2,1-2H3. The van der Waals surface area contributed by atoms with Crippen LogP contribution in [-0.2, 0) is 34.7 Å². The van der Waals surface area contributed by atoms with Crippen LogP contribution in [0.2, 0.25) is 0 Å². The van der Waals surface area contributed by atoms with Gasteiger partial charge in [-0.3, -0.25) is 4.79 Å². The van der Waals surface area contributed by atoms with Gasteiger partial charge in [-0.25, -0.2) is 14.2 Å². The summed E-state index contributed by atoms with van der Waals surface area (Å²) in [6, 6.07) is 5.63. The van der Waals surface area contributed by atoms with E-state index in [1.807, 2.05) is 6.07 Å². The summed E-state index contributed by atoms with van der Waals surface area (Å²) in [5, 5.41) is 15.5. The molecule has 1 fully saturated rings. The van der Waals surface area contributed by atoms with Crippen molar-refractivity contribution in [1.29, 1.82) is 0 Å². The highest BCUT2D eigenvalue weighted by Crippen LogP contribution is 2.40. The number of halogens is 1. The van der Waals surface area contributed by atoms with Crippen LogP contribution in [0.15, 0.2) is 23.0 Å². The Morgan fingerprint density at radius 3 is 2.80 bits per heavy atom. The fourth-order valence-electron chi connectivity index (χ4n) is 5.44. The zero-order valence-corrected chi connectivity index (χ0v) is 19.9. The van der Waals surface area contributed by atoms with Crippen molar-refractivity contribution >= 4 is 16.9 Å². The molecule has 0 bridgehead atoms. The van der Waals surface area contributed by atoms with Gasteiger partial charge in [0.1, 0.15) is 12.4 Å². The minimum atomic E-state index is -1.87. The SMILES string of the molecule is CCC1(O)C(=O)OCc2c1cc1n(c2=O)Cc2c-1nc1cc(F)c(C)cc1c2CCCNC1CC1. The van der Waals surface area contributed by atoms with Gasteiger partial charge in [-0.05, 0) is 68.8 Å². The first kappa shape index (κ1) is 22.4. The molecule has 3 aromatic rings. The van der Waals surface area contributed by atoms with Gasteiger partial charge in [0, 0.05) is 28.6 Å². The number of nitrogens with one attached hydrogen (secondary N) is 1. The van der Waals surface area contributed by atoms with Gasteiger partial charge in [0.2, 0.25) is 0 Å². The number of rotatable bonds is 6. The van der Waals surface area contributed by atoms with E-state index in [0.717, 1.165) is 35.9 Å². The molecule has 4 heterocycles. The number of esters is 1. The first-order valence-electron chi connectivity index (χ1n) is 12.3. The van der Waals surface area contributed by atoms with Gasteiger partial charge in [0.25, 0.3) is 5.56 Å². The van der Waals surface area contributed by atoms with Crippen molar-refractivity contribution in [2.75, 3.05) is 6.54 Å². The average molecular weight is 478 g/mol. The summed E-state index contributed by atoms with van der Waals surface area (Å²) < 4.78 is 21.3. The lowest BCUT2D eigenvalue weighted by Gasteiger charge is -2.31. The molecule has 35 heavy (non-hydrogen) atoms. The number of fused-ring (bicyclic) bond motifs is 5. The number of aromatic nitrogens is 2. The second kappa shape index (κ2) is 7.96. The fourth-order valence-corrected chi connectivity index (χ4v) is 5.44. The first-order valence-corrected chi connectivity index (χ1v) is 12.3. The summed E-state index contributed by atoms with van der Waals surface area (Å²) >= 11 is 0. The van der Waals surface area contributed by atoms with Crippen molar-refractivity contribution in [3.8, 4) is 11.4 Å². The lowest BCUT2D eigenvalue weighted by atomic mass is 9.86. The number of pyridine rings is 2. The number of hydrogen-bond donors (Lipinski definition) is 2. The zero-order valence-electron chi connectivity index (χ0n) is 19.9. The van der Waals surface area contributed by atoms with Crippen LogP contribution in [0.5, 0.6) is 0 Å². The molecular weight excluding hydrogens is 449 g/mol. The van der Waals surface area contributed by atoms with Crippen molar-refractivity contribution in [3.63, 3.8) is 0 Å². The van der Waals surface area contributed by atoms with Gasteiger partial charge >= 0.3 is 5.97 Å². The molecule has 1 atom stereocenters. The molecule has 3 aliphatic rings. The number of nitrogens with zero attached hydrogens (tertiary/aromatic N) is 2. The van der Waals surface area contributed by atoms with Crippen molar-refractivity contribution in [2.45, 2.75) is 70.7 Å². The monoisotopic (exact) mass is 477 g/mol. The fraction of sp³-hybridized carbons (Fsp3) is 0.444. The molecule has 8 heteroatoms. The highest BCUT2D eigenvalue weighted by atomic mass is 19.1. The van der Waals surface area contributed by atoms with Crippen LogP contribution in [-0.4, -0.2) is 33.2 Å². The van der Waals surface area contributed by atoms with E-state index in [1.54, 1.807) is 24.5 Å². The molecule has 0 saturated heterocycles. The second-order valence-electron chi connectivity index (χ2n) is 9.97. The maximum absolute atomic E-state index is 14.5. The van der Waals surface area contributed by atoms with Crippen LogP contribution in [0.4, 0.5) is 4.39 Å². The molecule has 1 unspecified atom stereocenters. The molecule has 0 spiro atoms. The highest BCUT2D eigenvalue weighted by molar-refractivity contribution is 5.89. The van der Waals surface area contributed by atoms with E-state index in [9.17, 15) is 19.1 Å². The highest BCUT2D eigenvalue weighted by Gasteiger charge is 2.45. The van der Waals surface area contributed by atoms with Crippen LogP contribution in [0.25, 0.3) is 22.3 Å². The van der Waals surface area contributed by atoms with Crippen LogP contribution in [0, 0.1) is 12.7 Å². The molecule has 2 aromatic heterocycles. The quantitative estimate of drug-likeness (QED) is 0.327. The van der Waals surface area contributed by atoms with E-state index in [1.165, 1.54) is 18.9 Å². The Kier molecular flexibility index (Phi) is 5.09. The van der Waals surface area contributed by atoms with E-state index in [-0.39, 0.29) is 30.0 Å². The van der Waals surface area contributed by atoms with Crippen molar-refractivity contribution in [3.05, 3.63) is 62.2 Å². The smallest absolute Gasteiger partial charge is 0.343 e. The molecule has 1 aromatic carbocycles. The summed E-state index contributed by atoms with van der Waals surface area (Å²) in [6.07, 6.45) is 4.23. The molecular formula is C27H28FN3O4. The predicted octanol–water partition coefficient (Wildman–Crippen LogP) is 3.21. The number of hydrogen-bond acceptors (Lipinski definition) is 6. The van der Waals surface area contributed by atoms with Gasteiger partial charge in [-0.2, -0.15) is 0 Å². The largest absolute Gasteiger partial charge is 0.458 e. The normalized spacial score (nSPS) is 20.5. The first-order chi connectivity index (χ1) is 16.8. The summed E-state index contributed by atoms with van der Waals surface area (Å²) in [6.45, 7) is 4.51. The van der Waals surface area contributed by atoms with Gasteiger partial charge in [0.15, 0.2) is 5.60 Å². The number of benzene rings is 1. The Labute approximate surface area is 201 Å². The Morgan fingerprint density at radius 2 is 2.06 bits per heavy atom. The van der Waals surface area contributed by atoms with Crippen molar-refractivity contribution in [2.24, 2.45) is 0 Å². The lowest BCUT2D eigenvalue weighted by molar-refractivity contribution is -0.172. The van der Waals surface area contributed by atoms with Crippen LogP contribution < -0.4 is 10.9 Å². The van der Waals surface area contributed by atoms with E-state index in [0.29, 0.717) is 40.6 Å². The Bertz CT molecular complexity index is 1460. The summed E-state index contributed by atoms with van der Waals surface area (Å²) in [4.78, 5) is 30.7. The van der Waals surface area contributed by atoms with E-state index in [4.69, 9.17) is 9.72 Å². The van der Waals surface area contributed by atoms with E-state index < -0.39 is 11.6 Å². The molecule has 2 N–H and O–H groups in total. The zero-order chi connectivity index (χ0) is 24.5. The second-order valence-corrected chi connectivity index (χ2v) is 9.97. The van der Waals surface area contributed by atoms with Gasteiger partial charge in [-0.1, -0.05) is 6.92 Å². The summed E-state index contributed by atoms with van der Waals surface area (Å²) in [5.74, 6) is -1.07. The van der Waals surface area contributed by atoms with E-state index in [2.05, 4.69) is 5.32 Å². The summed E-state index contributed by atoms with van der Waals surface area (Å²) in [7, 11) is 0. The molecule has 1 aliphatic carbocycles. The average Bonchev–Trinajstić information content (AvgIpc) is 3.60. The van der Waals surface area contributed by atoms with Crippen LogP contribution >= 0.6 is 0 Å². The number of ether oxygens (including phenoxy) is 1. The molecule has 7 nitrogen and oxygen atoms in total. The van der Waals surface area contributed by atoms with Gasteiger partial charge in [-0.15, -0.1) is 0 Å². The number of carbonyl (C=O) groups is 1. The minimum absolute atomic E-state index is 0.0868. The lowest BCUT2D eigenvalue weighted by Crippen LogP contribution is -2.44. The van der Waals surface area contributed by atoms with Crippen LogP contribution in [0.3, 0.4) is 0 Å². The Balaban J connectivity index is 1.52. The van der Waals surface area contributed by atoms with Crippen molar-refractivity contribution < 1.29 is 19.0 Å². The summed E-state index contributed by atoms with van der Waals surface area (Å²) in [5.41, 5.74) is 2.70. The minimum Gasteiger partial charge on any atom is -0.458 e. The predicted molar refractivity (Wildman–Crippen MR) is 129 cm³/mol. The van der Waals surface area contributed by atoms with E-state index >= 15 is 0 Å². The third-order valence-corrected chi connectivity index (χ3v) is 7.70. The molecule has 0 amide bonds. The third kappa shape index (κ3) is 3.42. The van der Waals surface area contributed by atoms with Gasteiger partial charge < -0.3 is 19.7 Å². The number of aryl methyl sites for hydroxylation is 2. The number of cyclic esters (lactones) is 1. The molecule has 1 saturated carbocycles. The Morgan fingerprint density at radius 1 is 1.26 bits per heavy atom. The maximum Gasteiger partial charge on any atom is 0.343 e. The molecule has 0 radical (unpaired) electrons. The molecule has 6 rings (SSSR count). The molecule has 182 valence electrons. The van der Waals surface area contributed by atoms with Crippen molar-refractivity contribution in [1.82, 2.24) is 14.9 Å². The van der Waals surface area contributed by atoms with Crippen LogP contribution in [0.1, 0.15) is 60.4 Å². The third-order valence-electron chi connectivity index (χ3n) is 7.70. The Hall–Kier alpha value is -3.10.